The van der Waals surface area contributed by atoms with Gasteiger partial charge in [-0.2, -0.15) is 0 Å². The van der Waals surface area contributed by atoms with Crippen LogP contribution in [0.3, 0.4) is 0 Å². The molecule has 0 fully saturated rings. The molecule has 0 saturated carbocycles. The molecular weight excluding hydrogens is 248 g/mol. The molecule has 94 valence electrons. The fourth-order valence-electron chi connectivity index (χ4n) is 1.95. The number of nitrogens with zero attached hydrogens (tertiary/aromatic N) is 2. The summed E-state index contributed by atoms with van der Waals surface area (Å²) in [4.78, 5) is 8.12. The highest BCUT2D eigenvalue weighted by molar-refractivity contribution is 6.29. The van der Waals surface area contributed by atoms with Crippen LogP contribution in [0.5, 0.6) is 5.75 Å². The SMILES string of the molecule is Cc1cc(C)c(OCc2cnc(Cl)cn2)c(C)c1. The molecule has 4 heteroatoms. The minimum atomic E-state index is 0.390. The van der Waals surface area contributed by atoms with Crippen molar-refractivity contribution in [3.63, 3.8) is 0 Å². The Bertz CT molecular complexity index is 529. The number of aromatic nitrogens is 2. The number of hydrogen-bond donors (Lipinski definition) is 0. The van der Waals surface area contributed by atoms with Gasteiger partial charge < -0.3 is 4.74 Å². The van der Waals surface area contributed by atoms with Crippen molar-refractivity contribution in [2.75, 3.05) is 0 Å². The van der Waals surface area contributed by atoms with Crippen LogP contribution >= 0.6 is 11.6 Å². The quantitative estimate of drug-likeness (QED) is 0.847. The first-order chi connectivity index (χ1) is 8.56. The Morgan fingerprint density at radius 3 is 2.28 bits per heavy atom. The van der Waals surface area contributed by atoms with Gasteiger partial charge in [0.1, 0.15) is 17.5 Å². The minimum Gasteiger partial charge on any atom is -0.487 e. The third-order valence-electron chi connectivity index (χ3n) is 2.64. The van der Waals surface area contributed by atoms with E-state index in [-0.39, 0.29) is 0 Å². The van der Waals surface area contributed by atoms with Crippen molar-refractivity contribution in [1.29, 1.82) is 0 Å². The number of benzene rings is 1. The monoisotopic (exact) mass is 262 g/mol. The highest BCUT2D eigenvalue weighted by atomic mass is 35.5. The summed E-state index contributed by atoms with van der Waals surface area (Å²) in [6.07, 6.45) is 3.15. The fourth-order valence-corrected chi connectivity index (χ4v) is 2.05. The number of halogens is 1. The van der Waals surface area contributed by atoms with Crippen LogP contribution in [-0.2, 0) is 6.61 Å². The highest BCUT2D eigenvalue weighted by Crippen LogP contribution is 2.25. The number of rotatable bonds is 3. The van der Waals surface area contributed by atoms with Gasteiger partial charge in [-0.1, -0.05) is 29.3 Å². The van der Waals surface area contributed by atoms with E-state index in [0.717, 1.165) is 22.6 Å². The normalized spacial score (nSPS) is 10.4. The van der Waals surface area contributed by atoms with E-state index in [1.165, 1.54) is 11.8 Å². The molecule has 0 aliphatic heterocycles. The lowest BCUT2D eigenvalue weighted by Gasteiger charge is -2.12. The molecular formula is C14H15ClN2O. The second-order valence-electron chi connectivity index (χ2n) is 4.35. The summed E-state index contributed by atoms with van der Waals surface area (Å²) in [5.41, 5.74) is 4.27. The Morgan fingerprint density at radius 2 is 1.72 bits per heavy atom. The first kappa shape index (κ1) is 12.8. The van der Waals surface area contributed by atoms with Crippen LogP contribution in [-0.4, -0.2) is 9.97 Å². The molecule has 0 unspecified atom stereocenters. The van der Waals surface area contributed by atoms with E-state index in [1.54, 1.807) is 6.20 Å². The molecule has 1 aromatic carbocycles. The van der Waals surface area contributed by atoms with E-state index in [4.69, 9.17) is 16.3 Å². The van der Waals surface area contributed by atoms with E-state index < -0.39 is 0 Å². The maximum absolute atomic E-state index is 5.80. The lowest BCUT2D eigenvalue weighted by atomic mass is 10.1. The molecule has 0 aliphatic carbocycles. The van der Waals surface area contributed by atoms with E-state index >= 15 is 0 Å². The second kappa shape index (κ2) is 5.36. The first-order valence-corrected chi connectivity index (χ1v) is 6.11. The van der Waals surface area contributed by atoms with Crippen molar-refractivity contribution in [2.45, 2.75) is 27.4 Å². The van der Waals surface area contributed by atoms with Gasteiger partial charge in [0.25, 0.3) is 0 Å². The van der Waals surface area contributed by atoms with Crippen molar-refractivity contribution >= 4 is 11.6 Å². The van der Waals surface area contributed by atoms with Crippen LogP contribution < -0.4 is 4.74 Å². The molecule has 0 atom stereocenters. The van der Waals surface area contributed by atoms with Crippen molar-refractivity contribution in [1.82, 2.24) is 9.97 Å². The molecule has 0 saturated heterocycles. The smallest absolute Gasteiger partial charge is 0.147 e. The van der Waals surface area contributed by atoms with Gasteiger partial charge in [-0.3, -0.25) is 4.98 Å². The van der Waals surface area contributed by atoms with E-state index in [1.807, 2.05) is 13.8 Å². The summed E-state index contributed by atoms with van der Waals surface area (Å²) in [5.74, 6) is 0.914. The van der Waals surface area contributed by atoms with Gasteiger partial charge in [-0.05, 0) is 31.9 Å². The zero-order valence-corrected chi connectivity index (χ0v) is 11.5. The van der Waals surface area contributed by atoms with Crippen LogP contribution in [0.2, 0.25) is 5.15 Å². The molecule has 3 nitrogen and oxygen atoms in total. The van der Waals surface area contributed by atoms with Crippen molar-refractivity contribution in [3.8, 4) is 5.75 Å². The van der Waals surface area contributed by atoms with Crippen molar-refractivity contribution in [3.05, 3.63) is 52.1 Å². The molecule has 0 spiro atoms. The van der Waals surface area contributed by atoms with Gasteiger partial charge in [-0.25, -0.2) is 4.98 Å². The molecule has 0 N–H and O–H groups in total. The Balaban J connectivity index is 2.13. The summed E-state index contributed by atoms with van der Waals surface area (Å²) in [6.45, 7) is 6.56. The average molecular weight is 263 g/mol. The minimum absolute atomic E-state index is 0.390. The zero-order valence-electron chi connectivity index (χ0n) is 10.7. The molecule has 2 rings (SSSR count). The molecule has 0 radical (unpaired) electrons. The zero-order chi connectivity index (χ0) is 13.1. The van der Waals surface area contributed by atoms with Gasteiger partial charge in [0.05, 0.1) is 18.1 Å². The highest BCUT2D eigenvalue weighted by Gasteiger charge is 2.06. The summed E-state index contributed by atoms with van der Waals surface area (Å²) in [6, 6.07) is 4.21. The van der Waals surface area contributed by atoms with E-state index in [2.05, 4.69) is 29.0 Å². The van der Waals surface area contributed by atoms with Crippen LogP contribution in [0.1, 0.15) is 22.4 Å². The standard InChI is InChI=1S/C14H15ClN2O/c1-9-4-10(2)14(11(3)5-9)18-8-12-6-17-13(15)7-16-12/h4-7H,8H2,1-3H3. The summed E-state index contributed by atoms with van der Waals surface area (Å²) in [7, 11) is 0. The predicted molar refractivity (Wildman–Crippen MR) is 72.0 cm³/mol. The Kier molecular flexibility index (Phi) is 3.82. The van der Waals surface area contributed by atoms with Gasteiger partial charge in [0.15, 0.2) is 0 Å². The number of hydrogen-bond acceptors (Lipinski definition) is 3. The van der Waals surface area contributed by atoms with E-state index in [9.17, 15) is 0 Å². The lowest BCUT2D eigenvalue weighted by Crippen LogP contribution is -2.01. The molecule has 1 heterocycles. The molecule has 18 heavy (non-hydrogen) atoms. The topological polar surface area (TPSA) is 35.0 Å². The molecule has 0 bridgehead atoms. The Hall–Kier alpha value is -1.61. The summed E-state index contributed by atoms with van der Waals surface area (Å²) in [5, 5.41) is 0.390. The van der Waals surface area contributed by atoms with E-state index in [0.29, 0.717) is 11.8 Å². The van der Waals surface area contributed by atoms with Crippen LogP contribution in [0.15, 0.2) is 24.5 Å². The molecule has 0 amide bonds. The lowest BCUT2D eigenvalue weighted by molar-refractivity contribution is 0.296. The number of aryl methyl sites for hydroxylation is 3. The maximum Gasteiger partial charge on any atom is 0.147 e. The third kappa shape index (κ3) is 2.99. The predicted octanol–water partition coefficient (Wildman–Crippen LogP) is 3.63. The maximum atomic E-state index is 5.80. The molecule has 1 aromatic heterocycles. The fraction of sp³-hybridized carbons (Fsp3) is 0.286. The van der Waals surface area contributed by atoms with Crippen molar-refractivity contribution < 1.29 is 4.74 Å². The van der Waals surface area contributed by atoms with Crippen LogP contribution in [0, 0.1) is 20.8 Å². The van der Waals surface area contributed by atoms with Gasteiger partial charge in [-0.15, -0.1) is 0 Å². The molecule has 0 aliphatic rings. The van der Waals surface area contributed by atoms with Gasteiger partial charge >= 0.3 is 0 Å². The summed E-state index contributed by atoms with van der Waals surface area (Å²) >= 11 is 5.68. The second-order valence-corrected chi connectivity index (χ2v) is 4.73. The largest absolute Gasteiger partial charge is 0.487 e. The van der Waals surface area contributed by atoms with Crippen LogP contribution in [0.4, 0.5) is 0 Å². The Labute approximate surface area is 112 Å². The van der Waals surface area contributed by atoms with Crippen molar-refractivity contribution in [2.24, 2.45) is 0 Å². The average Bonchev–Trinajstić information content (AvgIpc) is 2.30. The van der Waals surface area contributed by atoms with Gasteiger partial charge in [0, 0.05) is 0 Å². The third-order valence-corrected chi connectivity index (χ3v) is 2.84. The first-order valence-electron chi connectivity index (χ1n) is 5.73. The van der Waals surface area contributed by atoms with Crippen LogP contribution in [0.25, 0.3) is 0 Å². The van der Waals surface area contributed by atoms with Gasteiger partial charge in [0.2, 0.25) is 0 Å². The number of ether oxygens (including phenoxy) is 1. The summed E-state index contributed by atoms with van der Waals surface area (Å²) < 4.78 is 5.80. The Morgan fingerprint density at radius 1 is 1.06 bits per heavy atom. The molecule has 2 aromatic rings.